The number of nitrogens with zero attached hydrogens (tertiary/aromatic N) is 6. The second-order valence-electron chi connectivity index (χ2n) is 6.89. The summed E-state index contributed by atoms with van der Waals surface area (Å²) in [5, 5.41) is 7.69. The number of amides is 1. The van der Waals surface area contributed by atoms with Crippen molar-refractivity contribution in [2.24, 2.45) is 14.1 Å². The van der Waals surface area contributed by atoms with E-state index in [1.165, 1.54) is 17.8 Å². The Morgan fingerprint density at radius 3 is 2.54 bits per heavy atom. The molecule has 0 unspecified atom stereocenters. The quantitative estimate of drug-likeness (QED) is 0.663. The Morgan fingerprint density at radius 1 is 1.21 bits per heavy atom. The summed E-state index contributed by atoms with van der Waals surface area (Å²) in [5.41, 5.74) is 0.167. The predicted molar refractivity (Wildman–Crippen MR) is 98.0 cm³/mol. The molecule has 1 aliphatic heterocycles. The Bertz CT molecular complexity index is 1010. The minimum Gasteiger partial charge on any atom is -0.335 e. The van der Waals surface area contributed by atoms with E-state index in [9.17, 15) is 18.0 Å². The Morgan fingerprint density at radius 2 is 1.93 bits per heavy atom. The van der Waals surface area contributed by atoms with Gasteiger partial charge in [0.2, 0.25) is 0 Å². The van der Waals surface area contributed by atoms with E-state index in [0.29, 0.717) is 35.9 Å². The summed E-state index contributed by atoms with van der Waals surface area (Å²) in [6, 6.07) is 1.32. The lowest BCUT2D eigenvalue weighted by Gasteiger charge is -2.34. The number of carbonyl (C=O) groups excluding carboxylic acids is 1. The summed E-state index contributed by atoms with van der Waals surface area (Å²) in [4.78, 5) is 17.4. The number of piperazine rings is 1. The molecule has 0 N–H and O–H groups in total. The van der Waals surface area contributed by atoms with Crippen molar-refractivity contribution in [3.05, 3.63) is 34.6 Å². The van der Waals surface area contributed by atoms with Gasteiger partial charge in [-0.25, -0.2) is 0 Å². The number of thiophene rings is 1. The molecule has 0 radical (unpaired) electrons. The molecule has 28 heavy (non-hydrogen) atoms. The Kier molecular flexibility index (Phi) is 4.66. The van der Waals surface area contributed by atoms with Crippen LogP contribution < -0.4 is 0 Å². The zero-order valence-electron chi connectivity index (χ0n) is 15.4. The van der Waals surface area contributed by atoms with Crippen molar-refractivity contribution in [3.8, 4) is 0 Å². The highest BCUT2D eigenvalue weighted by atomic mass is 32.1. The van der Waals surface area contributed by atoms with E-state index in [2.05, 4.69) is 15.1 Å². The molecular formula is C17H19F3N6OS. The molecule has 4 heterocycles. The number of halogens is 3. The minimum absolute atomic E-state index is 0.0152. The highest BCUT2D eigenvalue weighted by Gasteiger charge is 2.38. The van der Waals surface area contributed by atoms with Gasteiger partial charge in [0.15, 0.2) is 5.69 Å². The van der Waals surface area contributed by atoms with Crippen LogP contribution in [-0.2, 0) is 26.8 Å². The molecule has 3 aromatic rings. The lowest BCUT2D eigenvalue weighted by molar-refractivity contribution is -0.140. The lowest BCUT2D eigenvalue weighted by Crippen LogP contribution is -2.48. The van der Waals surface area contributed by atoms with Crippen LogP contribution in [0.3, 0.4) is 0 Å². The smallest absolute Gasteiger partial charge is 0.335 e. The average molecular weight is 412 g/mol. The molecule has 1 aliphatic rings. The molecule has 0 spiro atoms. The van der Waals surface area contributed by atoms with E-state index in [1.54, 1.807) is 9.58 Å². The van der Waals surface area contributed by atoms with Crippen LogP contribution in [0.5, 0.6) is 0 Å². The summed E-state index contributed by atoms with van der Waals surface area (Å²) in [7, 11) is 3.32. The van der Waals surface area contributed by atoms with Crippen LogP contribution in [0.15, 0.2) is 18.5 Å². The van der Waals surface area contributed by atoms with Gasteiger partial charge in [0.05, 0.1) is 11.1 Å². The van der Waals surface area contributed by atoms with Gasteiger partial charge in [-0.05, 0) is 6.07 Å². The third kappa shape index (κ3) is 3.51. The van der Waals surface area contributed by atoms with Crippen molar-refractivity contribution in [3.63, 3.8) is 0 Å². The summed E-state index contributed by atoms with van der Waals surface area (Å²) in [6.45, 7) is 3.26. The topological polar surface area (TPSA) is 59.2 Å². The summed E-state index contributed by atoms with van der Waals surface area (Å²) >= 11 is 1.05. The number of aryl methyl sites for hydroxylation is 2. The normalized spacial score (nSPS) is 16.2. The Balaban J connectivity index is 1.45. The summed E-state index contributed by atoms with van der Waals surface area (Å²) < 4.78 is 42.4. The van der Waals surface area contributed by atoms with Crippen molar-refractivity contribution in [2.75, 3.05) is 26.2 Å². The molecule has 1 amide bonds. The van der Waals surface area contributed by atoms with E-state index in [4.69, 9.17) is 0 Å². The van der Waals surface area contributed by atoms with Crippen LogP contribution in [0, 0.1) is 0 Å². The monoisotopic (exact) mass is 412 g/mol. The maximum atomic E-state index is 13.1. The second-order valence-corrected chi connectivity index (χ2v) is 7.92. The Labute approximate surface area is 162 Å². The number of fused-ring (bicyclic) bond motifs is 1. The number of alkyl halides is 3. The molecule has 0 aliphatic carbocycles. The van der Waals surface area contributed by atoms with E-state index in [0.717, 1.165) is 23.4 Å². The first kappa shape index (κ1) is 18.9. The van der Waals surface area contributed by atoms with E-state index in [1.807, 2.05) is 19.4 Å². The standard InChI is InChI=1S/C17H19F3N6OS/c1-23-9-11(8-21-23)10-25-3-5-26(6-4-25)15(27)13-7-12-14(17(18,19)20)22-24(2)16(12)28-13/h7-9H,3-6,10H2,1-2H3. The molecule has 1 fully saturated rings. The molecule has 11 heteroatoms. The van der Waals surface area contributed by atoms with Crippen LogP contribution in [0.1, 0.15) is 20.9 Å². The first-order valence-electron chi connectivity index (χ1n) is 8.75. The number of carbonyl (C=O) groups is 1. The van der Waals surface area contributed by atoms with Gasteiger partial charge >= 0.3 is 6.18 Å². The van der Waals surface area contributed by atoms with Crippen LogP contribution in [0.2, 0.25) is 0 Å². The Hall–Kier alpha value is -2.40. The van der Waals surface area contributed by atoms with Crippen LogP contribution in [-0.4, -0.2) is 61.4 Å². The van der Waals surface area contributed by atoms with Crippen molar-refractivity contribution in [1.29, 1.82) is 0 Å². The molecule has 0 saturated carbocycles. The highest BCUT2D eigenvalue weighted by molar-refractivity contribution is 7.20. The van der Waals surface area contributed by atoms with E-state index in [-0.39, 0.29) is 11.3 Å². The molecule has 1 saturated heterocycles. The molecule has 0 bridgehead atoms. The molecule has 150 valence electrons. The van der Waals surface area contributed by atoms with Gasteiger partial charge in [-0.1, -0.05) is 0 Å². The van der Waals surface area contributed by atoms with Gasteiger partial charge in [-0.15, -0.1) is 11.3 Å². The fourth-order valence-corrected chi connectivity index (χ4v) is 4.47. The predicted octanol–water partition coefficient (Wildman–Crippen LogP) is 2.35. The van der Waals surface area contributed by atoms with Crippen LogP contribution in [0.25, 0.3) is 10.2 Å². The lowest BCUT2D eigenvalue weighted by atomic mass is 10.2. The number of rotatable bonds is 3. The highest BCUT2D eigenvalue weighted by Crippen LogP contribution is 2.37. The third-order valence-corrected chi connectivity index (χ3v) is 6.00. The van der Waals surface area contributed by atoms with Gasteiger partial charge in [0.25, 0.3) is 5.91 Å². The minimum atomic E-state index is -4.54. The van der Waals surface area contributed by atoms with Gasteiger partial charge in [0.1, 0.15) is 4.83 Å². The van der Waals surface area contributed by atoms with Gasteiger partial charge < -0.3 is 4.90 Å². The largest absolute Gasteiger partial charge is 0.435 e. The van der Waals surface area contributed by atoms with Crippen molar-refractivity contribution in [1.82, 2.24) is 29.4 Å². The third-order valence-electron chi connectivity index (χ3n) is 4.81. The first-order valence-corrected chi connectivity index (χ1v) is 9.57. The van der Waals surface area contributed by atoms with Gasteiger partial charge in [-0.3, -0.25) is 19.1 Å². The molecule has 4 rings (SSSR count). The zero-order chi connectivity index (χ0) is 20.1. The molecule has 0 aromatic carbocycles. The zero-order valence-corrected chi connectivity index (χ0v) is 16.2. The molecule has 7 nitrogen and oxygen atoms in total. The fourth-order valence-electron chi connectivity index (χ4n) is 3.43. The summed E-state index contributed by atoms with van der Waals surface area (Å²) in [6.07, 6.45) is -0.763. The molecule has 0 atom stereocenters. The number of aromatic nitrogens is 4. The van der Waals surface area contributed by atoms with Crippen molar-refractivity contribution < 1.29 is 18.0 Å². The number of hydrogen-bond donors (Lipinski definition) is 0. The van der Waals surface area contributed by atoms with Gasteiger partial charge in [0, 0.05) is 64.0 Å². The molecule has 3 aromatic heterocycles. The summed E-state index contributed by atoms with van der Waals surface area (Å²) in [5.74, 6) is -0.227. The second kappa shape index (κ2) is 6.89. The SMILES string of the molecule is Cn1cc(CN2CCN(C(=O)c3cc4c(C(F)(F)F)nn(C)c4s3)CC2)cn1. The molecular weight excluding hydrogens is 393 g/mol. The average Bonchev–Trinajstić information content (AvgIpc) is 3.31. The van der Waals surface area contributed by atoms with Crippen molar-refractivity contribution >= 4 is 27.5 Å². The maximum Gasteiger partial charge on any atom is 0.435 e. The fraction of sp³-hybridized carbons (Fsp3) is 0.471. The van der Waals surface area contributed by atoms with E-state index >= 15 is 0 Å². The maximum absolute atomic E-state index is 13.1. The van der Waals surface area contributed by atoms with E-state index < -0.39 is 11.9 Å². The van der Waals surface area contributed by atoms with Crippen molar-refractivity contribution in [2.45, 2.75) is 12.7 Å². The van der Waals surface area contributed by atoms with Crippen LogP contribution >= 0.6 is 11.3 Å². The van der Waals surface area contributed by atoms with Gasteiger partial charge in [-0.2, -0.15) is 23.4 Å². The van der Waals surface area contributed by atoms with Crippen LogP contribution in [0.4, 0.5) is 13.2 Å². The first-order chi connectivity index (χ1) is 13.2. The number of hydrogen-bond acceptors (Lipinski definition) is 5.